The molecule has 0 N–H and O–H groups in total. The molecule has 0 saturated carbocycles. The van der Waals surface area contributed by atoms with Crippen LogP contribution in [0.1, 0.15) is 0 Å². The minimum atomic E-state index is 0.837. The van der Waals surface area contributed by atoms with Gasteiger partial charge in [-0.15, -0.1) is 0 Å². The minimum Gasteiger partial charge on any atom is -0.274 e. The molecule has 2 heterocycles. The lowest BCUT2D eigenvalue weighted by Crippen LogP contribution is -1.92. The number of imidazole rings is 1. The quantitative estimate of drug-likeness (QED) is 0.594. The SMILES string of the molecule is [c]1nc2cccnc2n1-c1ccccc1. The molecule has 0 aliphatic rings. The molecule has 0 fully saturated rings. The fraction of sp³-hybridized carbons (Fsp3) is 0. The third-order valence-corrected chi connectivity index (χ3v) is 2.26. The molecule has 0 atom stereocenters. The van der Waals surface area contributed by atoms with Crippen LogP contribution >= 0.6 is 0 Å². The number of fused-ring (bicyclic) bond motifs is 1. The second-order valence-corrected chi connectivity index (χ2v) is 3.23. The van der Waals surface area contributed by atoms with E-state index < -0.39 is 0 Å². The summed E-state index contributed by atoms with van der Waals surface area (Å²) in [5.41, 5.74) is 2.73. The molecule has 3 heteroatoms. The molecule has 3 nitrogen and oxygen atoms in total. The van der Waals surface area contributed by atoms with E-state index in [0.29, 0.717) is 0 Å². The summed E-state index contributed by atoms with van der Waals surface area (Å²) in [7, 11) is 0. The Hall–Kier alpha value is -2.16. The number of nitrogens with zero attached hydrogens (tertiary/aromatic N) is 3. The fourth-order valence-corrected chi connectivity index (χ4v) is 1.56. The van der Waals surface area contributed by atoms with Crippen LogP contribution in [0.3, 0.4) is 0 Å². The van der Waals surface area contributed by atoms with Crippen LogP contribution in [0.25, 0.3) is 16.9 Å². The predicted octanol–water partition coefficient (Wildman–Crippen LogP) is 2.22. The highest BCUT2D eigenvalue weighted by molar-refractivity contribution is 5.72. The van der Waals surface area contributed by atoms with Crippen LogP contribution in [0.4, 0.5) is 0 Å². The first-order valence-corrected chi connectivity index (χ1v) is 4.72. The van der Waals surface area contributed by atoms with Crippen molar-refractivity contribution in [1.82, 2.24) is 14.5 Å². The topological polar surface area (TPSA) is 30.7 Å². The first kappa shape index (κ1) is 8.17. The standard InChI is InChI=1S/C12H8N3/c1-2-5-10(6-3-1)15-9-14-11-7-4-8-13-12(11)15/h1-8H. The Balaban J connectivity index is 2.28. The summed E-state index contributed by atoms with van der Waals surface area (Å²) >= 11 is 0. The van der Waals surface area contributed by atoms with Crippen LogP contribution in [0.5, 0.6) is 0 Å². The Morgan fingerprint density at radius 2 is 1.87 bits per heavy atom. The van der Waals surface area contributed by atoms with Crippen molar-refractivity contribution in [2.24, 2.45) is 0 Å². The third kappa shape index (κ3) is 1.29. The monoisotopic (exact) mass is 194 g/mol. The average molecular weight is 194 g/mol. The maximum Gasteiger partial charge on any atom is 0.183 e. The molecule has 0 aliphatic carbocycles. The van der Waals surface area contributed by atoms with Crippen molar-refractivity contribution in [2.75, 3.05) is 0 Å². The van der Waals surface area contributed by atoms with E-state index in [2.05, 4.69) is 16.3 Å². The summed E-state index contributed by atoms with van der Waals surface area (Å²) in [5, 5.41) is 0. The normalized spacial score (nSPS) is 10.7. The number of aromatic nitrogens is 3. The molecule has 0 bridgehead atoms. The zero-order valence-corrected chi connectivity index (χ0v) is 7.96. The summed E-state index contributed by atoms with van der Waals surface area (Å²) < 4.78 is 1.86. The number of hydrogen-bond acceptors (Lipinski definition) is 2. The zero-order chi connectivity index (χ0) is 10.1. The molecule has 0 unspecified atom stereocenters. The minimum absolute atomic E-state index is 0.837. The lowest BCUT2D eigenvalue weighted by Gasteiger charge is -2.00. The molecule has 2 aromatic heterocycles. The van der Waals surface area contributed by atoms with Gasteiger partial charge in [-0.1, -0.05) is 18.2 Å². The van der Waals surface area contributed by atoms with Crippen LogP contribution in [0.2, 0.25) is 0 Å². The Morgan fingerprint density at radius 3 is 2.73 bits per heavy atom. The number of hydrogen-bond donors (Lipinski definition) is 0. The van der Waals surface area contributed by atoms with Crippen molar-refractivity contribution < 1.29 is 0 Å². The van der Waals surface area contributed by atoms with Crippen molar-refractivity contribution in [1.29, 1.82) is 0 Å². The van der Waals surface area contributed by atoms with Crippen molar-refractivity contribution >= 4 is 11.2 Å². The molecule has 0 aliphatic heterocycles. The molecular weight excluding hydrogens is 186 g/mol. The highest BCUT2D eigenvalue weighted by atomic mass is 15.1. The fourth-order valence-electron chi connectivity index (χ4n) is 1.56. The number of benzene rings is 1. The van der Waals surface area contributed by atoms with E-state index in [0.717, 1.165) is 16.9 Å². The van der Waals surface area contributed by atoms with Gasteiger partial charge in [-0.3, -0.25) is 4.57 Å². The smallest absolute Gasteiger partial charge is 0.183 e. The van der Waals surface area contributed by atoms with Crippen molar-refractivity contribution in [2.45, 2.75) is 0 Å². The van der Waals surface area contributed by atoms with Gasteiger partial charge in [-0.2, -0.15) is 0 Å². The molecule has 1 aromatic carbocycles. The van der Waals surface area contributed by atoms with E-state index in [-0.39, 0.29) is 0 Å². The molecular formula is C12H8N3. The lowest BCUT2D eigenvalue weighted by atomic mass is 10.3. The van der Waals surface area contributed by atoms with Gasteiger partial charge in [0, 0.05) is 11.9 Å². The maximum atomic E-state index is 4.29. The number of rotatable bonds is 1. The lowest BCUT2D eigenvalue weighted by molar-refractivity contribution is 1.05. The van der Waals surface area contributed by atoms with E-state index in [4.69, 9.17) is 0 Å². The average Bonchev–Trinajstić information content (AvgIpc) is 2.74. The molecule has 71 valence electrons. The van der Waals surface area contributed by atoms with Crippen LogP contribution in [0, 0.1) is 6.33 Å². The largest absolute Gasteiger partial charge is 0.274 e. The van der Waals surface area contributed by atoms with E-state index in [9.17, 15) is 0 Å². The Bertz CT molecular complexity index is 584. The highest BCUT2D eigenvalue weighted by Crippen LogP contribution is 2.14. The Kier molecular flexibility index (Phi) is 1.75. The number of pyridine rings is 1. The summed E-state index contributed by atoms with van der Waals surface area (Å²) in [6.45, 7) is 0. The van der Waals surface area contributed by atoms with E-state index in [1.54, 1.807) is 6.20 Å². The molecule has 0 spiro atoms. The van der Waals surface area contributed by atoms with Gasteiger partial charge in [-0.25, -0.2) is 9.97 Å². The first-order valence-electron chi connectivity index (χ1n) is 4.72. The zero-order valence-electron chi connectivity index (χ0n) is 7.96. The van der Waals surface area contributed by atoms with Gasteiger partial charge in [0.2, 0.25) is 0 Å². The predicted molar refractivity (Wildman–Crippen MR) is 57.7 cm³/mol. The van der Waals surface area contributed by atoms with Gasteiger partial charge in [0.1, 0.15) is 5.52 Å². The second kappa shape index (κ2) is 3.20. The molecule has 0 amide bonds. The van der Waals surface area contributed by atoms with Gasteiger partial charge >= 0.3 is 0 Å². The number of para-hydroxylation sites is 1. The van der Waals surface area contributed by atoms with E-state index in [1.807, 2.05) is 47.0 Å². The van der Waals surface area contributed by atoms with Gasteiger partial charge in [0.15, 0.2) is 12.0 Å². The molecule has 1 radical (unpaired) electrons. The molecule has 3 aromatic rings. The van der Waals surface area contributed by atoms with E-state index in [1.165, 1.54) is 0 Å². The van der Waals surface area contributed by atoms with E-state index >= 15 is 0 Å². The van der Waals surface area contributed by atoms with Crippen LogP contribution < -0.4 is 0 Å². The summed E-state index contributed by atoms with van der Waals surface area (Å²) in [5.74, 6) is 0. The van der Waals surface area contributed by atoms with Gasteiger partial charge in [0.05, 0.1) is 0 Å². The molecule has 15 heavy (non-hydrogen) atoms. The van der Waals surface area contributed by atoms with Crippen molar-refractivity contribution in [3.8, 4) is 5.69 Å². The summed E-state index contributed by atoms with van der Waals surface area (Å²) in [6, 6.07) is 13.8. The Morgan fingerprint density at radius 1 is 1.00 bits per heavy atom. The van der Waals surface area contributed by atoms with Crippen LogP contribution in [-0.4, -0.2) is 14.5 Å². The maximum absolute atomic E-state index is 4.29. The first-order chi connectivity index (χ1) is 7.45. The van der Waals surface area contributed by atoms with Gasteiger partial charge in [-0.05, 0) is 24.3 Å². The van der Waals surface area contributed by atoms with Crippen LogP contribution in [0.15, 0.2) is 48.7 Å². The van der Waals surface area contributed by atoms with Crippen molar-refractivity contribution in [3.05, 3.63) is 55.0 Å². The summed E-state index contributed by atoms with van der Waals surface area (Å²) in [4.78, 5) is 8.46. The van der Waals surface area contributed by atoms with Gasteiger partial charge < -0.3 is 0 Å². The third-order valence-electron chi connectivity index (χ3n) is 2.26. The molecule has 3 rings (SSSR count). The van der Waals surface area contributed by atoms with Crippen molar-refractivity contribution in [3.63, 3.8) is 0 Å². The summed E-state index contributed by atoms with van der Waals surface area (Å²) in [6.07, 6.45) is 4.70. The van der Waals surface area contributed by atoms with Crippen LogP contribution in [-0.2, 0) is 0 Å². The second-order valence-electron chi connectivity index (χ2n) is 3.23. The Labute approximate surface area is 87.0 Å². The molecule has 0 saturated heterocycles. The highest BCUT2D eigenvalue weighted by Gasteiger charge is 2.04. The van der Waals surface area contributed by atoms with Gasteiger partial charge in [0.25, 0.3) is 0 Å².